The predicted octanol–water partition coefficient (Wildman–Crippen LogP) is 3.80. The van der Waals surface area contributed by atoms with Gasteiger partial charge in [0.15, 0.2) is 0 Å². The smallest absolute Gasteiger partial charge is 0.258 e. The van der Waals surface area contributed by atoms with Crippen LogP contribution in [0.15, 0.2) is 42.5 Å². The number of nitriles is 1. The number of benzene rings is 2. The number of carbonyl (C=O) groups is 1. The second kappa shape index (κ2) is 5.77. The molecule has 0 aromatic heterocycles. The van der Waals surface area contributed by atoms with Crippen molar-refractivity contribution < 1.29 is 4.79 Å². The summed E-state index contributed by atoms with van der Waals surface area (Å²) >= 11 is 5.90. The summed E-state index contributed by atoms with van der Waals surface area (Å²) < 4.78 is 0. The first-order chi connectivity index (χ1) is 9.52. The number of amides is 1. The van der Waals surface area contributed by atoms with Gasteiger partial charge in [0.2, 0.25) is 0 Å². The van der Waals surface area contributed by atoms with E-state index in [1.54, 1.807) is 49.5 Å². The van der Waals surface area contributed by atoms with Crippen LogP contribution in [0.1, 0.15) is 21.5 Å². The molecule has 0 heterocycles. The number of hydrogen-bond acceptors (Lipinski definition) is 2. The van der Waals surface area contributed by atoms with Gasteiger partial charge in [0.1, 0.15) is 0 Å². The minimum absolute atomic E-state index is 0.130. The van der Waals surface area contributed by atoms with Crippen LogP contribution in [0.4, 0.5) is 5.69 Å². The minimum Gasteiger partial charge on any atom is -0.311 e. The molecule has 2 aromatic carbocycles. The molecule has 4 heteroatoms. The molecule has 0 saturated heterocycles. The lowest BCUT2D eigenvalue weighted by Crippen LogP contribution is -2.26. The fraction of sp³-hybridized carbons (Fsp3) is 0.125. The van der Waals surface area contributed by atoms with Crippen LogP contribution < -0.4 is 4.90 Å². The molecule has 2 rings (SSSR count). The maximum Gasteiger partial charge on any atom is 0.258 e. The summed E-state index contributed by atoms with van der Waals surface area (Å²) in [6.45, 7) is 1.85. The normalized spacial score (nSPS) is 9.90. The summed E-state index contributed by atoms with van der Waals surface area (Å²) in [5.41, 5.74) is 2.63. The monoisotopic (exact) mass is 284 g/mol. The third kappa shape index (κ3) is 2.81. The van der Waals surface area contributed by atoms with Gasteiger partial charge in [-0.1, -0.05) is 17.7 Å². The van der Waals surface area contributed by atoms with Crippen LogP contribution in [-0.4, -0.2) is 13.0 Å². The van der Waals surface area contributed by atoms with Crippen molar-refractivity contribution in [3.63, 3.8) is 0 Å². The molecule has 0 radical (unpaired) electrons. The molecule has 0 unspecified atom stereocenters. The SMILES string of the molecule is Cc1cc(Cl)ccc1C(=O)N(C)c1cccc(C#N)c1. The minimum atomic E-state index is -0.130. The van der Waals surface area contributed by atoms with Crippen molar-refractivity contribution in [3.05, 3.63) is 64.2 Å². The van der Waals surface area contributed by atoms with E-state index in [9.17, 15) is 4.79 Å². The molecular formula is C16H13ClN2O. The topological polar surface area (TPSA) is 44.1 Å². The molecule has 20 heavy (non-hydrogen) atoms. The van der Waals surface area contributed by atoms with E-state index in [2.05, 4.69) is 6.07 Å². The molecule has 0 saturated carbocycles. The Morgan fingerprint density at radius 2 is 2.00 bits per heavy atom. The summed E-state index contributed by atoms with van der Waals surface area (Å²) in [5, 5.41) is 9.51. The zero-order valence-corrected chi connectivity index (χ0v) is 12.0. The van der Waals surface area contributed by atoms with E-state index in [-0.39, 0.29) is 5.91 Å². The maximum atomic E-state index is 12.5. The first kappa shape index (κ1) is 14.1. The number of hydrogen-bond donors (Lipinski definition) is 0. The molecule has 0 bridgehead atoms. The van der Waals surface area contributed by atoms with Gasteiger partial charge < -0.3 is 4.90 Å². The number of nitrogens with zero attached hydrogens (tertiary/aromatic N) is 2. The van der Waals surface area contributed by atoms with Crippen LogP contribution in [-0.2, 0) is 0 Å². The van der Waals surface area contributed by atoms with Crippen molar-refractivity contribution >= 4 is 23.2 Å². The molecule has 0 aliphatic rings. The fourth-order valence-electron chi connectivity index (χ4n) is 1.95. The van der Waals surface area contributed by atoms with Crippen LogP contribution in [0.5, 0.6) is 0 Å². The Bertz CT molecular complexity index is 704. The van der Waals surface area contributed by atoms with Crippen LogP contribution >= 0.6 is 11.6 Å². The molecule has 0 aliphatic heterocycles. The Kier molecular flexibility index (Phi) is 4.07. The Balaban J connectivity index is 2.35. The molecule has 0 fully saturated rings. The highest BCUT2D eigenvalue weighted by Crippen LogP contribution is 2.20. The quantitative estimate of drug-likeness (QED) is 0.842. The first-order valence-electron chi connectivity index (χ1n) is 6.07. The average Bonchev–Trinajstić information content (AvgIpc) is 2.46. The van der Waals surface area contributed by atoms with Crippen LogP contribution in [0.25, 0.3) is 0 Å². The van der Waals surface area contributed by atoms with E-state index >= 15 is 0 Å². The molecule has 2 aromatic rings. The standard InChI is InChI=1S/C16H13ClN2O/c1-11-8-13(17)6-7-15(11)16(20)19(2)14-5-3-4-12(9-14)10-18/h3-9H,1-2H3. The summed E-state index contributed by atoms with van der Waals surface area (Å²) in [5.74, 6) is -0.130. The lowest BCUT2D eigenvalue weighted by Gasteiger charge is -2.18. The zero-order valence-electron chi connectivity index (χ0n) is 11.2. The first-order valence-corrected chi connectivity index (χ1v) is 6.45. The Morgan fingerprint density at radius 3 is 2.65 bits per heavy atom. The summed E-state index contributed by atoms with van der Waals surface area (Å²) in [7, 11) is 1.69. The highest BCUT2D eigenvalue weighted by molar-refractivity contribution is 6.30. The van der Waals surface area contributed by atoms with Crippen LogP contribution in [0.3, 0.4) is 0 Å². The van der Waals surface area contributed by atoms with Gasteiger partial charge in [0.25, 0.3) is 5.91 Å². The number of carbonyl (C=O) groups excluding carboxylic acids is 1. The van der Waals surface area contributed by atoms with E-state index in [1.165, 1.54) is 4.90 Å². The second-order valence-corrected chi connectivity index (χ2v) is 4.92. The van der Waals surface area contributed by atoms with Crippen molar-refractivity contribution in [2.45, 2.75) is 6.92 Å². The van der Waals surface area contributed by atoms with Gasteiger partial charge in [0, 0.05) is 23.3 Å². The van der Waals surface area contributed by atoms with E-state index in [0.717, 1.165) is 5.56 Å². The van der Waals surface area contributed by atoms with E-state index in [1.807, 2.05) is 6.92 Å². The zero-order chi connectivity index (χ0) is 14.7. The Hall–Kier alpha value is -2.31. The molecule has 0 aliphatic carbocycles. The van der Waals surface area contributed by atoms with Gasteiger partial charge in [-0.3, -0.25) is 4.79 Å². The molecule has 0 N–H and O–H groups in total. The van der Waals surface area contributed by atoms with Crippen LogP contribution in [0, 0.1) is 18.3 Å². The third-order valence-corrected chi connectivity index (χ3v) is 3.32. The second-order valence-electron chi connectivity index (χ2n) is 4.49. The Labute approximate surface area is 123 Å². The number of aryl methyl sites for hydroxylation is 1. The average molecular weight is 285 g/mol. The van der Waals surface area contributed by atoms with Crippen LogP contribution in [0.2, 0.25) is 5.02 Å². The maximum absolute atomic E-state index is 12.5. The van der Waals surface area contributed by atoms with E-state index in [0.29, 0.717) is 21.8 Å². The highest BCUT2D eigenvalue weighted by atomic mass is 35.5. The highest BCUT2D eigenvalue weighted by Gasteiger charge is 2.16. The van der Waals surface area contributed by atoms with Gasteiger partial charge in [-0.15, -0.1) is 0 Å². The summed E-state index contributed by atoms with van der Waals surface area (Å²) in [6, 6.07) is 14.2. The molecule has 100 valence electrons. The largest absolute Gasteiger partial charge is 0.311 e. The summed E-state index contributed by atoms with van der Waals surface area (Å²) in [6.07, 6.45) is 0. The lowest BCUT2D eigenvalue weighted by molar-refractivity contribution is 0.0992. The van der Waals surface area contributed by atoms with Crippen molar-refractivity contribution in [1.29, 1.82) is 5.26 Å². The van der Waals surface area contributed by atoms with Crippen molar-refractivity contribution in [3.8, 4) is 6.07 Å². The van der Waals surface area contributed by atoms with Crippen molar-refractivity contribution in [2.24, 2.45) is 0 Å². The van der Waals surface area contributed by atoms with Crippen molar-refractivity contribution in [2.75, 3.05) is 11.9 Å². The van der Waals surface area contributed by atoms with Gasteiger partial charge in [-0.25, -0.2) is 0 Å². The molecule has 0 atom stereocenters. The predicted molar refractivity (Wildman–Crippen MR) is 80.1 cm³/mol. The van der Waals surface area contributed by atoms with E-state index in [4.69, 9.17) is 16.9 Å². The summed E-state index contributed by atoms with van der Waals surface area (Å²) in [4.78, 5) is 14.0. The number of anilines is 1. The van der Waals surface area contributed by atoms with E-state index < -0.39 is 0 Å². The lowest BCUT2D eigenvalue weighted by atomic mass is 10.1. The number of rotatable bonds is 2. The number of halogens is 1. The molecule has 3 nitrogen and oxygen atoms in total. The fourth-order valence-corrected chi connectivity index (χ4v) is 2.18. The van der Waals surface area contributed by atoms with Gasteiger partial charge in [0.05, 0.1) is 11.6 Å². The molecular weight excluding hydrogens is 272 g/mol. The van der Waals surface area contributed by atoms with Gasteiger partial charge >= 0.3 is 0 Å². The molecule has 0 spiro atoms. The third-order valence-electron chi connectivity index (χ3n) is 3.09. The Morgan fingerprint density at radius 1 is 1.25 bits per heavy atom. The van der Waals surface area contributed by atoms with Gasteiger partial charge in [-0.05, 0) is 48.9 Å². The van der Waals surface area contributed by atoms with Crippen molar-refractivity contribution in [1.82, 2.24) is 0 Å². The molecule has 1 amide bonds. The van der Waals surface area contributed by atoms with Gasteiger partial charge in [-0.2, -0.15) is 5.26 Å².